The molecule has 0 aliphatic heterocycles. The van der Waals surface area contributed by atoms with Crippen LogP contribution in [0.3, 0.4) is 0 Å². The van der Waals surface area contributed by atoms with E-state index in [0.29, 0.717) is 19.0 Å². The van der Waals surface area contributed by atoms with Crippen molar-refractivity contribution in [2.24, 2.45) is 0 Å². The van der Waals surface area contributed by atoms with Gasteiger partial charge in [0.05, 0.1) is 0 Å². The minimum absolute atomic E-state index is 0.113. The lowest BCUT2D eigenvalue weighted by atomic mass is 10.1. The molecule has 29 heavy (non-hydrogen) atoms. The molecule has 5 nitrogen and oxygen atoms in total. The Balaban J connectivity index is 1.74. The zero-order valence-electron chi connectivity index (χ0n) is 16.9. The normalized spacial score (nSPS) is 14.6. The molecule has 4 rings (SSSR count). The fourth-order valence-corrected chi connectivity index (χ4v) is 4.62. The van der Waals surface area contributed by atoms with Gasteiger partial charge in [0.15, 0.2) is 5.16 Å². The van der Waals surface area contributed by atoms with Crippen molar-refractivity contribution in [3.8, 4) is 5.69 Å². The van der Waals surface area contributed by atoms with Crippen molar-refractivity contribution in [3.05, 3.63) is 72.1 Å². The Morgan fingerprint density at radius 3 is 2.24 bits per heavy atom. The molecule has 1 amide bonds. The van der Waals surface area contributed by atoms with E-state index >= 15 is 0 Å². The number of benzene rings is 2. The number of likely N-dealkylation sites (N-methyl/N-ethyl adjacent to an activating group) is 1. The van der Waals surface area contributed by atoms with Crippen molar-refractivity contribution < 1.29 is 4.79 Å². The van der Waals surface area contributed by atoms with Crippen LogP contribution in [0.4, 0.5) is 0 Å². The smallest absolute Gasteiger partial charge is 0.240 e. The molecule has 1 heterocycles. The van der Waals surface area contributed by atoms with Crippen LogP contribution >= 0.6 is 11.8 Å². The van der Waals surface area contributed by atoms with E-state index in [1.807, 2.05) is 67.3 Å². The first-order valence-corrected chi connectivity index (χ1v) is 11.1. The number of amides is 1. The number of rotatable bonds is 8. The highest BCUT2D eigenvalue weighted by Gasteiger charge is 2.33. The number of carbonyl (C=O) groups is 1. The van der Waals surface area contributed by atoms with Gasteiger partial charge in [-0.3, -0.25) is 9.36 Å². The highest BCUT2D eigenvalue weighted by atomic mass is 32.2. The van der Waals surface area contributed by atoms with Gasteiger partial charge in [0.2, 0.25) is 5.91 Å². The lowest BCUT2D eigenvalue weighted by molar-refractivity contribution is -0.130. The van der Waals surface area contributed by atoms with Gasteiger partial charge in [0, 0.05) is 24.7 Å². The zero-order chi connectivity index (χ0) is 20.2. The molecule has 150 valence electrons. The van der Waals surface area contributed by atoms with E-state index in [1.54, 1.807) is 0 Å². The Kier molecular flexibility index (Phi) is 6.00. The summed E-state index contributed by atoms with van der Waals surface area (Å²) < 4.78 is 2.13. The Morgan fingerprint density at radius 1 is 1.03 bits per heavy atom. The molecule has 6 heteroatoms. The molecular formula is C23H26N4OS. The summed E-state index contributed by atoms with van der Waals surface area (Å²) in [6, 6.07) is 20.2. The first-order valence-electron chi connectivity index (χ1n) is 10.2. The average Bonchev–Trinajstić information content (AvgIpc) is 3.53. The van der Waals surface area contributed by atoms with Gasteiger partial charge in [-0.1, -0.05) is 60.3 Å². The van der Waals surface area contributed by atoms with Crippen LogP contribution in [-0.4, -0.2) is 38.7 Å². The van der Waals surface area contributed by atoms with E-state index in [0.717, 1.165) is 35.1 Å². The van der Waals surface area contributed by atoms with Gasteiger partial charge in [0.1, 0.15) is 11.1 Å². The fourth-order valence-electron chi connectivity index (χ4n) is 3.48. The SMILES string of the molecule is CCN(CC)C(=O)[C@H](Sc1nnc(C2CC2)n1-c1ccccc1)c1ccccc1. The summed E-state index contributed by atoms with van der Waals surface area (Å²) in [5.41, 5.74) is 2.04. The molecule has 0 unspecified atom stereocenters. The number of para-hydroxylation sites is 1. The van der Waals surface area contributed by atoms with Gasteiger partial charge in [-0.15, -0.1) is 10.2 Å². The topological polar surface area (TPSA) is 51.0 Å². The highest BCUT2D eigenvalue weighted by Crippen LogP contribution is 2.43. The number of thioether (sulfide) groups is 1. The van der Waals surface area contributed by atoms with Crippen LogP contribution in [0.1, 0.15) is 49.2 Å². The Hall–Kier alpha value is -2.60. The van der Waals surface area contributed by atoms with E-state index in [4.69, 9.17) is 0 Å². The molecule has 0 saturated heterocycles. The van der Waals surface area contributed by atoms with Crippen molar-refractivity contribution in [2.75, 3.05) is 13.1 Å². The van der Waals surface area contributed by atoms with E-state index in [2.05, 4.69) is 26.9 Å². The summed E-state index contributed by atoms with van der Waals surface area (Å²) in [5, 5.41) is 9.45. The maximum Gasteiger partial charge on any atom is 0.240 e. The van der Waals surface area contributed by atoms with E-state index in [1.165, 1.54) is 11.8 Å². The van der Waals surface area contributed by atoms with Gasteiger partial charge in [0.25, 0.3) is 0 Å². The predicted octanol–water partition coefficient (Wildman–Crippen LogP) is 4.85. The van der Waals surface area contributed by atoms with Crippen LogP contribution in [0.15, 0.2) is 65.8 Å². The number of carbonyl (C=O) groups excluding carboxylic acids is 1. The van der Waals surface area contributed by atoms with Crippen molar-refractivity contribution in [3.63, 3.8) is 0 Å². The second kappa shape index (κ2) is 8.82. The molecular weight excluding hydrogens is 380 g/mol. The number of aromatic nitrogens is 3. The minimum atomic E-state index is -0.352. The third kappa shape index (κ3) is 4.22. The highest BCUT2D eigenvalue weighted by molar-refractivity contribution is 8.00. The Labute approximate surface area is 176 Å². The van der Waals surface area contributed by atoms with Crippen LogP contribution in [0, 0.1) is 0 Å². The largest absolute Gasteiger partial charge is 0.342 e. The molecule has 0 bridgehead atoms. The number of nitrogens with zero attached hydrogens (tertiary/aromatic N) is 4. The fraction of sp³-hybridized carbons (Fsp3) is 0.348. The molecule has 1 aromatic heterocycles. The van der Waals surface area contributed by atoms with Crippen molar-refractivity contribution in [1.29, 1.82) is 0 Å². The monoisotopic (exact) mass is 406 g/mol. The van der Waals surface area contributed by atoms with Crippen LogP contribution in [0.2, 0.25) is 0 Å². The van der Waals surface area contributed by atoms with Gasteiger partial charge in [-0.05, 0) is 44.4 Å². The summed E-state index contributed by atoms with van der Waals surface area (Å²) in [5.74, 6) is 1.58. The predicted molar refractivity (Wildman–Crippen MR) is 116 cm³/mol. The molecule has 0 radical (unpaired) electrons. The third-order valence-electron chi connectivity index (χ3n) is 5.24. The summed E-state index contributed by atoms with van der Waals surface area (Å²) in [4.78, 5) is 15.2. The second-order valence-electron chi connectivity index (χ2n) is 7.21. The van der Waals surface area contributed by atoms with Crippen molar-refractivity contribution >= 4 is 17.7 Å². The van der Waals surface area contributed by atoms with Gasteiger partial charge < -0.3 is 4.90 Å². The van der Waals surface area contributed by atoms with E-state index < -0.39 is 0 Å². The molecule has 1 saturated carbocycles. The van der Waals surface area contributed by atoms with Gasteiger partial charge >= 0.3 is 0 Å². The van der Waals surface area contributed by atoms with E-state index in [9.17, 15) is 4.79 Å². The lowest BCUT2D eigenvalue weighted by Crippen LogP contribution is -2.34. The summed E-state index contributed by atoms with van der Waals surface area (Å²) in [7, 11) is 0. The summed E-state index contributed by atoms with van der Waals surface area (Å²) in [6.45, 7) is 5.42. The lowest BCUT2D eigenvalue weighted by Gasteiger charge is -2.25. The van der Waals surface area contributed by atoms with Gasteiger partial charge in [-0.25, -0.2) is 0 Å². The maximum atomic E-state index is 13.4. The van der Waals surface area contributed by atoms with Crippen molar-refractivity contribution in [2.45, 2.75) is 43.0 Å². The van der Waals surface area contributed by atoms with Crippen LogP contribution < -0.4 is 0 Å². The zero-order valence-corrected chi connectivity index (χ0v) is 17.7. The van der Waals surface area contributed by atoms with E-state index in [-0.39, 0.29) is 11.2 Å². The molecule has 2 aromatic carbocycles. The van der Waals surface area contributed by atoms with Gasteiger partial charge in [-0.2, -0.15) is 0 Å². The standard InChI is InChI=1S/C23H26N4OS/c1-3-26(4-2)22(28)20(17-11-7-5-8-12-17)29-23-25-24-21(18-15-16-18)27(23)19-13-9-6-10-14-19/h5-14,18,20H,3-4,15-16H2,1-2H3/t20-/m1/s1. The first kappa shape index (κ1) is 19.7. The summed E-state index contributed by atoms with van der Waals surface area (Å²) >= 11 is 1.49. The quantitative estimate of drug-likeness (QED) is 0.502. The van der Waals surface area contributed by atoms with Crippen LogP contribution in [0.5, 0.6) is 0 Å². The third-order valence-corrected chi connectivity index (χ3v) is 6.42. The molecule has 0 N–H and O–H groups in total. The maximum absolute atomic E-state index is 13.4. The minimum Gasteiger partial charge on any atom is -0.342 e. The van der Waals surface area contributed by atoms with Crippen LogP contribution in [-0.2, 0) is 4.79 Å². The average molecular weight is 407 g/mol. The molecule has 3 aromatic rings. The van der Waals surface area contributed by atoms with Crippen molar-refractivity contribution in [1.82, 2.24) is 19.7 Å². The second-order valence-corrected chi connectivity index (χ2v) is 8.28. The Bertz CT molecular complexity index is 950. The summed E-state index contributed by atoms with van der Waals surface area (Å²) in [6.07, 6.45) is 2.30. The Morgan fingerprint density at radius 2 is 1.66 bits per heavy atom. The number of hydrogen-bond donors (Lipinski definition) is 0. The molecule has 1 aliphatic carbocycles. The number of hydrogen-bond acceptors (Lipinski definition) is 4. The first-order chi connectivity index (χ1) is 14.2. The molecule has 1 aliphatic rings. The molecule has 1 fully saturated rings. The van der Waals surface area contributed by atoms with Crippen LogP contribution in [0.25, 0.3) is 5.69 Å². The molecule has 0 spiro atoms. The molecule has 1 atom stereocenters.